The summed E-state index contributed by atoms with van der Waals surface area (Å²) in [4.78, 5) is 25.2. The van der Waals surface area contributed by atoms with Gasteiger partial charge in [0.1, 0.15) is 11.4 Å². The molecule has 144 valence electrons. The molecule has 3 heterocycles. The SMILES string of the molecule is Cc1nonc1CC(=O)N[C@H](C)Cn1nc2c(C)cc3ccccc3n2c1=O. The third kappa shape index (κ3) is 3.15. The number of amides is 1. The number of fused-ring (bicyclic) bond motifs is 3. The molecule has 1 aromatic carbocycles. The Hall–Kier alpha value is -3.49. The third-order valence-corrected chi connectivity index (χ3v) is 4.67. The van der Waals surface area contributed by atoms with Crippen LogP contribution in [-0.2, 0) is 17.8 Å². The topological polar surface area (TPSA) is 107 Å². The number of rotatable bonds is 5. The van der Waals surface area contributed by atoms with Crippen molar-refractivity contribution in [1.29, 1.82) is 0 Å². The molecule has 4 aromatic rings. The zero-order chi connectivity index (χ0) is 19.8. The van der Waals surface area contributed by atoms with Gasteiger partial charge in [-0.05, 0) is 43.9 Å². The number of nitrogens with zero attached hydrogens (tertiary/aromatic N) is 5. The Morgan fingerprint density at radius 2 is 2.04 bits per heavy atom. The maximum atomic E-state index is 12.9. The summed E-state index contributed by atoms with van der Waals surface area (Å²) in [7, 11) is 0. The molecule has 0 bridgehead atoms. The monoisotopic (exact) mass is 380 g/mol. The number of para-hydroxylation sites is 1. The van der Waals surface area contributed by atoms with Gasteiger partial charge in [-0.3, -0.25) is 4.79 Å². The molecule has 1 amide bonds. The summed E-state index contributed by atoms with van der Waals surface area (Å²) < 4.78 is 7.61. The average Bonchev–Trinajstić information content (AvgIpc) is 3.19. The quantitative estimate of drug-likeness (QED) is 0.561. The van der Waals surface area contributed by atoms with Gasteiger partial charge in [0.05, 0.1) is 18.5 Å². The van der Waals surface area contributed by atoms with E-state index in [1.807, 2.05) is 44.2 Å². The van der Waals surface area contributed by atoms with Crippen LogP contribution in [0, 0.1) is 13.8 Å². The molecule has 0 spiro atoms. The van der Waals surface area contributed by atoms with Gasteiger partial charge < -0.3 is 5.32 Å². The van der Waals surface area contributed by atoms with Crippen LogP contribution in [0.25, 0.3) is 16.6 Å². The highest BCUT2D eigenvalue weighted by Crippen LogP contribution is 2.18. The van der Waals surface area contributed by atoms with Crippen molar-refractivity contribution in [2.24, 2.45) is 0 Å². The Morgan fingerprint density at radius 3 is 2.79 bits per heavy atom. The molecule has 1 atom stereocenters. The summed E-state index contributed by atoms with van der Waals surface area (Å²) in [6.45, 7) is 5.74. The van der Waals surface area contributed by atoms with E-state index < -0.39 is 0 Å². The number of pyridine rings is 1. The molecule has 0 aliphatic heterocycles. The molecule has 9 nitrogen and oxygen atoms in total. The first-order valence-corrected chi connectivity index (χ1v) is 8.99. The lowest BCUT2D eigenvalue weighted by Crippen LogP contribution is -2.39. The van der Waals surface area contributed by atoms with Crippen molar-refractivity contribution >= 4 is 22.5 Å². The number of aromatic nitrogens is 5. The Labute approximate surface area is 159 Å². The molecule has 0 saturated heterocycles. The molecule has 0 fully saturated rings. The predicted molar refractivity (Wildman–Crippen MR) is 102 cm³/mol. The molecule has 4 rings (SSSR count). The molecule has 0 aliphatic carbocycles. The Balaban J connectivity index is 1.58. The predicted octanol–water partition coefficient (Wildman–Crippen LogP) is 1.40. The molecule has 1 N–H and O–H groups in total. The van der Waals surface area contributed by atoms with Gasteiger partial charge in [-0.1, -0.05) is 28.5 Å². The number of benzene rings is 1. The van der Waals surface area contributed by atoms with E-state index in [0.717, 1.165) is 16.5 Å². The highest BCUT2D eigenvalue weighted by molar-refractivity contribution is 5.83. The van der Waals surface area contributed by atoms with Crippen LogP contribution < -0.4 is 11.0 Å². The lowest BCUT2D eigenvalue weighted by Gasteiger charge is -2.12. The average molecular weight is 380 g/mol. The summed E-state index contributed by atoms with van der Waals surface area (Å²) in [5, 5.41) is 15.7. The van der Waals surface area contributed by atoms with E-state index in [0.29, 0.717) is 17.0 Å². The summed E-state index contributed by atoms with van der Waals surface area (Å²) >= 11 is 0. The summed E-state index contributed by atoms with van der Waals surface area (Å²) in [6, 6.07) is 9.42. The van der Waals surface area contributed by atoms with Gasteiger partial charge >= 0.3 is 5.69 Å². The summed E-state index contributed by atoms with van der Waals surface area (Å²) in [6.07, 6.45) is 0.0729. The van der Waals surface area contributed by atoms with Gasteiger partial charge in [0.2, 0.25) is 5.91 Å². The highest BCUT2D eigenvalue weighted by Gasteiger charge is 2.17. The van der Waals surface area contributed by atoms with Crippen molar-refractivity contribution in [1.82, 2.24) is 29.8 Å². The second kappa shape index (κ2) is 6.91. The van der Waals surface area contributed by atoms with Crippen molar-refractivity contribution in [2.45, 2.75) is 39.8 Å². The Bertz CT molecular complexity index is 1240. The highest BCUT2D eigenvalue weighted by atomic mass is 16.6. The van der Waals surface area contributed by atoms with Gasteiger partial charge in [-0.25, -0.2) is 18.5 Å². The van der Waals surface area contributed by atoms with E-state index in [1.54, 1.807) is 11.3 Å². The minimum atomic E-state index is -0.290. The second-order valence-corrected chi connectivity index (χ2v) is 6.95. The third-order valence-electron chi connectivity index (χ3n) is 4.67. The van der Waals surface area contributed by atoms with Gasteiger partial charge in [-0.15, -0.1) is 5.10 Å². The maximum absolute atomic E-state index is 12.9. The first kappa shape index (κ1) is 17.9. The molecule has 28 heavy (non-hydrogen) atoms. The van der Waals surface area contributed by atoms with Crippen LogP contribution in [0.3, 0.4) is 0 Å². The first-order valence-electron chi connectivity index (χ1n) is 8.99. The smallest absolute Gasteiger partial charge is 0.350 e. The van der Waals surface area contributed by atoms with Crippen LogP contribution in [0.15, 0.2) is 39.8 Å². The van der Waals surface area contributed by atoms with Crippen molar-refractivity contribution in [3.8, 4) is 0 Å². The Kier molecular flexibility index (Phi) is 4.42. The fraction of sp³-hybridized carbons (Fsp3) is 0.316. The number of nitrogens with one attached hydrogen (secondary N) is 1. The van der Waals surface area contributed by atoms with Gasteiger partial charge in [0.25, 0.3) is 0 Å². The van der Waals surface area contributed by atoms with Crippen molar-refractivity contribution < 1.29 is 9.42 Å². The van der Waals surface area contributed by atoms with E-state index in [9.17, 15) is 9.59 Å². The van der Waals surface area contributed by atoms with Crippen molar-refractivity contribution in [3.63, 3.8) is 0 Å². The van der Waals surface area contributed by atoms with E-state index >= 15 is 0 Å². The van der Waals surface area contributed by atoms with Crippen LogP contribution in [0.5, 0.6) is 0 Å². The largest absolute Gasteiger partial charge is 0.351 e. The zero-order valence-electron chi connectivity index (χ0n) is 15.8. The van der Waals surface area contributed by atoms with Crippen molar-refractivity contribution in [3.05, 3.63) is 57.8 Å². The number of hydrogen-bond acceptors (Lipinski definition) is 6. The minimum absolute atomic E-state index is 0.0729. The van der Waals surface area contributed by atoms with Crippen LogP contribution in [0.1, 0.15) is 23.9 Å². The molecule has 0 aliphatic rings. The number of carbonyl (C=O) groups is 1. The van der Waals surface area contributed by atoms with Crippen molar-refractivity contribution in [2.75, 3.05) is 0 Å². The summed E-state index contributed by atoms with van der Waals surface area (Å²) in [5.74, 6) is -0.218. The number of hydrogen-bond donors (Lipinski definition) is 1. The van der Waals surface area contributed by atoms with E-state index in [4.69, 9.17) is 0 Å². The maximum Gasteiger partial charge on any atom is 0.350 e. The summed E-state index contributed by atoms with van der Waals surface area (Å²) in [5.41, 5.74) is 3.20. The van der Waals surface area contributed by atoms with Gasteiger partial charge in [0, 0.05) is 6.04 Å². The molecule has 3 aromatic heterocycles. The lowest BCUT2D eigenvalue weighted by atomic mass is 10.1. The van der Waals surface area contributed by atoms with Crippen LogP contribution >= 0.6 is 0 Å². The fourth-order valence-electron chi connectivity index (χ4n) is 3.30. The molecular formula is C19H20N6O3. The normalized spacial score (nSPS) is 12.5. The zero-order valence-corrected chi connectivity index (χ0v) is 15.8. The fourth-order valence-corrected chi connectivity index (χ4v) is 3.30. The van der Waals surface area contributed by atoms with Crippen LogP contribution in [0.4, 0.5) is 0 Å². The second-order valence-electron chi connectivity index (χ2n) is 6.95. The molecule has 0 radical (unpaired) electrons. The number of carbonyl (C=O) groups excluding carboxylic acids is 1. The molecule has 0 unspecified atom stereocenters. The minimum Gasteiger partial charge on any atom is -0.351 e. The lowest BCUT2D eigenvalue weighted by molar-refractivity contribution is -0.121. The van der Waals surface area contributed by atoms with Gasteiger partial charge in [0.15, 0.2) is 5.65 Å². The van der Waals surface area contributed by atoms with E-state index in [-0.39, 0.29) is 30.6 Å². The van der Waals surface area contributed by atoms with Gasteiger partial charge in [-0.2, -0.15) is 0 Å². The first-order chi connectivity index (χ1) is 13.4. The van der Waals surface area contributed by atoms with Crippen LogP contribution in [-0.4, -0.2) is 36.4 Å². The molecular weight excluding hydrogens is 360 g/mol. The van der Waals surface area contributed by atoms with E-state index in [2.05, 4.69) is 25.4 Å². The number of aryl methyl sites for hydroxylation is 2. The molecule has 9 heteroatoms. The standard InChI is InChI=1S/C19H20N6O3/c1-11-8-14-6-4-5-7-16(14)25-18(11)21-24(19(25)27)10-12(2)20-17(26)9-15-13(3)22-28-23-15/h4-8,12H,9-10H2,1-3H3,(H,20,26)/t12-/m1/s1. The Morgan fingerprint density at radius 1 is 1.25 bits per heavy atom. The van der Waals surface area contributed by atoms with Crippen LogP contribution in [0.2, 0.25) is 0 Å². The molecule has 0 saturated carbocycles. The van der Waals surface area contributed by atoms with E-state index in [1.165, 1.54) is 4.68 Å².